The second kappa shape index (κ2) is 8.89. The first-order valence-corrected chi connectivity index (χ1v) is 10.1. The minimum Gasteiger partial charge on any atom is -0.464 e. The molecule has 0 fully saturated rings. The summed E-state index contributed by atoms with van der Waals surface area (Å²) in [5.74, 6) is 1.43. The van der Waals surface area contributed by atoms with E-state index in [-0.39, 0.29) is 18.0 Å². The number of carbonyl (C=O) groups is 1. The summed E-state index contributed by atoms with van der Waals surface area (Å²) >= 11 is 0. The Balaban J connectivity index is 1.64. The van der Waals surface area contributed by atoms with Crippen molar-refractivity contribution in [3.05, 3.63) is 100 Å². The Kier molecular flexibility index (Phi) is 5.85. The molecule has 0 saturated heterocycles. The Morgan fingerprint density at radius 2 is 1.81 bits per heavy atom. The van der Waals surface area contributed by atoms with Gasteiger partial charge in [0.2, 0.25) is 5.91 Å². The molecule has 0 aliphatic carbocycles. The summed E-state index contributed by atoms with van der Waals surface area (Å²) in [6, 6.07) is 19.5. The number of non-ortho nitro benzene ring substituents is 1. The number of aromatic nitrogens is 2. The second-order valence-electron chi connectivity index (χ2n) is 7.53. The maximum absolute atomic E-state index is 13.0. The van der Waals surface area contributed by atoms with Gasteiger partial charge < -0.3 is 9.32 Å². The highest BCUT2D eigenvalue weighted by Crippen LogP contribution is 2.26. The minimum absolute atomic E-state index is 0.00217. The number of nitro groups is 1. The number of furan rings is 1. The number of benzene rings is 2. The standard InChI is InChI=1S/C24H22N4O4/c1-17-8-13-22(32-17)16-26(2)23(29)14-19-15-27(20-6-4-3-5-7-20)25-24(19)18-9-11-21(12-10-18)28(30)31/h3-13,15H,14,16H2,1-2H3. The van der Waals surface area contributed by atoms with Crippen LogP contribution in [0.2, 0.25) is 0 Å². The van der Waals surface area contributed by atoms with Crippen LogP contribution in [0.25, 0.3) is 16.9 Å². The SMILES string of the molecule is Cc1ccc(CN(C)C(=O)Cc2cn(-c3ccccc3)nc2-c2ccc([N+](=O)[O-])cc2)o1. The molecule has 0 N–H and O–H groups in total. The molecule has 0 aliphatic rings. The molecule has 8 nitrogen and oxygen atoms in total. The van der Waals surface area contributed by atoms with Crippen molar-refractivity contribution in [3.63, 3.8) is 0 Å². The first kappa shape index (κ1) is 21.0. The fourth-order valence-corrected chi connectivity index (χ4v) is 3.43. The third-order valence-electron chi connectivity index (χ3n) is 5.12. The number of likely N-dealkylation sites (N-methyl/N-ethyl adjacent to an activating group) is 1. The largest absolute Gasteiger partial charge is 0.464 e. The molecule has 4 aromatic rings. The van der Waals surface area contributed by atoms with Crippen molar-refractivity contribution in [2.75, 3.05) is 7.05 Å². The van der Waals surface area contributed by atoms with Gasteiger partial charge in [0, 0.05) is 36.5 Å². The Labute approximate surface area is 184 Å². The number of rotatable bonds is 7. The van der Waals surface area contributed by atoms with Gasteiger partial charge in [-0.3, -0.25) is 14.9 Å². The fourth-order valence-electron chi connectivity index (χ4n) is 3.43. The molecule has 32 heavy (non-hydrogen) atoms. The predicted octanol–water partition coefficient (Wildman–Crippen LogP) is 4.55. The highest BCUT2D eigenvalue weighted by molar-refractivity contribution is 5.81. The van der Waals surface area contributed by atoms with Crippen LogP contribution in [0.4, 0.5) is 5.69 Å². The van der Waals surface area contributed by atoms with Crippen molar-refractivity contribution < 1.29 is 14.1 Å². The molecule has 0 unspecified atom stereocenters. The van der Waals surface area contributed by atoms with Crippen molar-refractivity contribution in [2.24, 2.45) is 0 Å². The Morgan fingerprint density at radius 1 is 1.09 bits per heavy atom. The Morgan fingerprint density at radius 3 is 2.44 bits per heavy atom. The number of nitro benzene ring substituents is 1. The van der Waals surface area contributed by atoms with E-state index in [9.17, 15) is 14.9 Å². The average Bonchev–Trinajstić information content (AvgIpc) is 3.40. The molecule has 0 aliphatic heterocycles. The lowest BCUT2D eigenvalue weighted by Crippen LogP contribution is -2.27. The van der Waals surface area contributed by atoms with E-state index >= 15 is 0 Å². The van der Waals surface area contributed by atoms with E-state index in [4.69, 9.17) is 4.42 Å². The zero-order chi connectivity index (χ0) is 22.7. The van der Waals surface area contributed by atoms with Gasteiger partial charge in [-0.05, 0) is 43.3 Å². The van der Waals surface area contributed by atoms with Gasteiger partial charge in [-0.2, -0.15) is 5.10 Å². The monoisotopic (exact) mass is 430 g/mol. The summed E-state index contributed by atoms with van der Waals surface area (Å²) in [7, 11) is 1.73. The number of para-hydroxylation sites is 1. The van der Waals surface area contributed by atoms with Gasteiger partial charge in [0.25, 0.3) is 5.69 Å². The summed E-state index contributed by atoms with van der Waals surface area (Å²) in [6.45, 7) is 2.23. The summed E-state index contributed by atoms with van der Waals surface area (Å²) in [5.41, 5.74) is 2.91. The number of aryl methyl sites for hydroxylation is 1. The number of hydrogen-bond donors (Lipinski definition) is 0. The zero-order valence-corrected chi connectivity index (χ0v) is 17.8. The second-order valence-corrected chi connectivity index (χ2v) is 7.53. The van der Waals surface area contributed by atoms with Crippen molar-refractivity contribution in [2.45, 2.75) is 19.9 Å². The van der Waals surface area contributed by atoms with Gasteiger partial charge in [-0.25, -0.2) is 4.68 Å². The molecular weight excluding hydrogens is 408 g/mol. The van der Waals surface area contributed by atoms with E-state index in [2.05, 4.69) is 5.10 Å². The molecular formula is C24H22N4O4. The summed E-state index contributed by atoms with van der Waals surface area (Å²) in [4.78, 5) is 25.1. The maximum atomic E-state index is 13.0. The molecule has 2 aromatic carbocycles. The van der Waals surface area contributed by atoms with E-state index in [0.717, 1.165) is 17.0 Å². The van der Waals surface area contributed by atoms with Crippen LogP contribution in [0, 0.1) is 17.0 Å². The van der Waals surface area contributed by atoms with Crippen LogP contribution in [0.5, 0.6) is 0 Å². The minimum atomic E-state index is -0.442. The van der Waals surface area contributed by atoms with Crippen molar-refractivity contribution in [1.82, 2.24) is 14.7 Å². The number of hydrogen-bond acceptors (Lipinski definition) is 5. The van der Waals surface area contributed by atoms with Crippen LogP contribution < -0.4 is 0 Å². The quantitative estimate of drug-likeness (QED) is 0.317. The molecule has 2 aromatic heterocycles. The topological polar surface area (TPSA) is 94.4 Å². The van der Waals surface area contributed by atoms with Gasteiger partial charge in [0.05, 0.1) is 29.3 Å². The van der Waals surface area contributed by atoms with Crippen LogP contribution in [0.1, 0.15) is 17.1 Å². The summed E-state index contributed by atoms with van der Waals surface area (Å²) < 4.78 is 7.29. The van der Waals surface area contributed by atoms with E-state index in [1.54, 1.807) is 28.8 Å². The molecule has 0 radical (unpaired) electrons. The number of nitrogens with zero attached hydrogens (tertiary/aromatic N) is 4. The van der Waals surface area contributed by atoms with Gasteiger partial charge in [0.15, 0.2) is 0 Å². The highest BCUT2D eigenvalue weighted by atomic mass is 16.6. The smallest absolute Gasteiger partial charge is 0.269 e. The van der Waals surface area contributed by atoms with E-state index < -0.39 is 4.92 Å². The molecule has 8 heteroatoms. The van der Waals surface area contributed by atoms with Crippen LogP contribution in [0.15, 0.2) is 77.3 Å². The number of carbonyl (C=O) groups excluding carboxylic acids is 1. The molecule has 2 heterocycles. The third kappa shape index (κ3) is 4.59. The Bertz CT molecular complexity index is 1240. The van der Waals surface area contributed by atoms with Gasteiger partial charge in [-0.15, -0.1) is 0 Å². The summed E-state index contributed by atoms with van der Waals surface area (Å²) in [6.07, 6.45) is 1.96. The fraction of sp³-hybridized carbons (Fsp3) is 0.167. The van der Waals surface area contributed by atoms with Gasteiger partial charge in [0.1, 0.15) is 11.5 Å². The molecule has 162 valence electrons. The lowest BCUT2D eigenvalue weighted by Gasteiger charge is -2.15. The first-order chi connectivity index (χ1) is 15.4. The molecule has 1 amide bonds. The normalized spacial score (nSPS) is 10.8. The van der Waals surface area contributed by atoms with Crippen molar-refractivity contribution in [1.29, 1.82) is 0 Å². The first-order valence-electron chi connectivity index (χ1n) is 10.1. The lowest BCUT2D eigenvalue weighted by molar-refractivity contribution is -0.384. The van der Waals surface area contributed by atoms with Gasteiger partial charge >= 0.3 is 0 Å². The van der Waals surface area contributed by atoms with Gasteiger partial charge in [-0.1, -0.05) is 18.2 Å². The highest BCUT2D eigenvalue weighted by Gasteiger charge is 2.19. The third-order valence-corrected chi connectivity index (χ3v) is 5.12. The lowest BCUT2D eigenvalue weighted by atomic mass is 10.1. The predicted molar refractivity (Wildman–Crippen MR) is 119 cm³/mol. The molecule has 4 rings (SSSR count). The molecule has 0 atom stereocenters. The maximum Gasteiger partial charge on any atom is 0.269 e. The summed E-state index contributed by atoms with van der Waals surface area (Å²) in [5, 5.41) is 15.7. The van der Waals surface area contributed by atoms with Crippen LogP contribution in [-0.4, -0.2) is 32.6 Å². The van der Waals surface area contributed by atoms with Crippen molar-refractivity contribution in [3.8, 4) is 16.9 Å². The van der Waals surface area contributed by atoms with Crippen LogP contribution in [0.3, 0.4) is 0 Å². The molecule has 0 saturated carbocycles. The van der Waals surface area contributed by atoms with E-state index in [1.807, 2.05) is 55.6 Å². The van der Waals surface area contributed by atoms with Crippen LogP contribution >= 0.6 is 0 Å². The van der Waals surface area contributed by atoms with E-state index in [0.29, 0.717) is 23.6 Å². The molecule has 0 bridgehead atoms. The van der Waals surface area contributed by atoms with E-state index in [1.165, 1.54) is 12.1 Å². The Hall–Kier alpha value is -4.20. The average molecular weight is 430 g/mol. The number of amides is 1. The zero-order valence-electron chi connectivity index (χ0n) is 17.8. The van der Waals surface area contributed by atoms with Crippen LogP contribution in [-0.2, 0) is 17.8 Å². The molecule has 0 spiro atoms. The van der Waals surface area contributed by atoms with Crippen molar-refractivity contribution >= 4 is 11.6 Å².